The fraction of sp³-hybridized carbons (Fsp3) is 0.167. The minimum atomic E-state index is -4.73. The molecule has 19 heavy (non-hydrogen) atoms. The summed E-state index contributed by atoms with van der Waals surface area (Å²) in [7, 11) is 0. The third kappa shape index (κ3) is 2.94. The van der Waals surface area contributed by atoms with Gasteiger partial charge in [-0.1, -0.05) is 6.07 Å². The summed E-state index contributed by atoms with van der Waals surface area (Å²) in [6.45, 7) is 0. The molecule has 2 aromatic rings. The monoisotopic (exact) mass is 290 g/mol. The van der Waals surface area contributed by atoms with Crippen molar-refractivity contribution >= 4 is 11.3 Å². The maximum atomic E-state index is 13.2. The lowest BCUT2D eigenvalue weighted by molar-refractivity contribution is -0.140. The molecule has 1 unspecified atom stereocenters. The lowest BCUT2D eigenvalue weighted by Crippen LogP contribution is -2.28. The van der Waals surface area contributed by atoms with E-state index in [9.17, 15) is 17.6 Å². The van der Waals surface area contributed by atoms with Crippen LogP contribution in [0.25, 0.3) is 0 Å². The van der Waals surface area contributed by atoms with Gasteiger partial charge in [0.1, 0.15) is 5.82 Å². The van der Waals surface area contributed by atoms with Gasteiger partial charge in [0.2, 0.25) is 0 Å². The zero-order valence-corrected chi connectivity index (χ0v) is 10.4. The van der Waals surface area contributed by atoms with Crippen molar-refractivity contribution < 1.29 is 17.6 Å². The first-order valence-corrected chi connectivity index (χ1v) is 6.22. The van der Waals surface area contributed by atoms with Crippen LogP contribution in [0.3, 0.4) is 0 Å². The highest BCUT2D eigenvalue weighted by Gasteiger charge is 2.34. The molecule has 0 aliphatic heterocycles. The summed E-state index contributed by atoms with van der Waals surface area (Å²) >= 11 is 1.40. The first kappa shape index (κ1) is 14.0. The lowest BCUT2D eigenvalue weighted by atomic mass is 9.99. The quantitative estimate of drug-likeness (QED) is 0.516. The Morgan fingerprint density at radius 2 is 1.89 bits per heavy atom. The van der Waals surface area contributed by atoms with E-state index in [1.54, 1.807) is 16.8 Å². The molecule has 0 saturated carbocycles. The van der Waals surface area contributed by atoms with Crippen LogP contribution in [-0.4, -0.2) is 0 Å². The van der Waals surface area contributed by atoms with Gasteiger partial charge < -0.3 is 0 Å². The molecule has 0 bridgehead atoms. The lowest BCUT2D eigenvalue weighted by Gasteiger charge is -2.17. The van der Waals surface area contributed by atoms with Gasteiger partial charge in [-0.3, -0.25) is 5.84 Å². The van der Waals surface area contributed by atoms with Crippen LogP contribution < -0.4 is 11.3 Å². The van der Waals surface area contributed by atoms with Crippen molar-refractivity contribution in [2.75, 3.05) is 0 Å². The smallest absolute Gasteiger partial charge is 0.271 e. The summed E-state index contributed by atoms with van der Waals surface area (Å²) in [5.74, 6) is 4.08. The first-order chi connectivity index (χ1) is 8.93. The van der Waals surface area contributed by atoms with Gasteiger partial charge in [-0.25, -0.2) is 9.82 Å². The maximum Gasteiger partial charge on any atom is 0.419 e. The number of nitrogens with one attached hydrogen (secondary N) is 1. The second kappa shape index (κ2) is 5.28. The average Bonchev–Trinajstić information content (AvgIpc) is 2.84. The van der Waals surface area contributed by atoms with E-state index in [0.29, 0.717) is 0 Å². The Balaban J connectivity index is 2.45. The maximum absolute atomic E-state index is 13.2. The van der Waals surface area contributed by atoms with Gasteiger partial charge in [0.05, 0.1) is 11.6 Å². The third-order valence-electron chi connectivity index (χ3n) is 2.67. The van der Waals surface area contributed by atoms with Crippen LogP contribution in [-0.2, 0) is 6.18 Å². The van der Waals surface area contributed by atoms with E-state index in [4.69, 9.17) is 5.84 Å². The zero-order valence-electron chi connectivity index (χ0n) is 9.54. The third-order valence-corrected chi connectivity index (χ3v) is 3.37. The molecule has 2 rings (SSSR count). The predicted octanol–water partition coefficient (Wildman–Crippen LogP) is 3.46. The van der Waals surface area contributed by atoms with Gasteiger partial charge in [-0.2, -0.15) is 24.5 Å². The number of hydrogen-bond donors (Lipinski definition) is 2. The molecule has 0 radical (unpaired) electrons. The Hall–Kier alpha value is -1.44. The Kier molecular flexibility index (Phi) is 3.88. The van der Waals surface area contributed by atoms with Gasteiger partial charge in [0.25, 0.3) is 0 Å². The average molecular weight is 290 g/mol. The second-order valence-corrected chi connectivity index (χ2v) is 4.67. The topological polar surface area (TPSA) is 38.0 Å². The highest BCUT2D eigenvalue weighted by atomic mass is 32.1. The Morgan fingerprint density at radius 3 is 2.42 bits per heavy atom. The van der Waals surface area contributed by atoms with E-state index in [1.807, 2.05) is 0 Å². The van der Waals surface area contributed by atoms with Crippen molar-refractivity contribution in [3.63, 3.8) is 0 Å². The number of halogens is 4. The SMILES string of the molecule is NNC(c1ccsc1)c1ccc(F)c(C(F)(F)F)c1. The minimum Gasteiger partial charge on any atom is -0.271 e. The van der Waals surface area contributed by atoms with Gasteiger partial charge in [0, 0.05) is 0 Å². The molecule has 102 valence electrons. The molecular weight excluding hydrogens is 280 g/mol. The van der Waals surface area contributed by atoms with Crippen LogP contribution in [0.15, 0.2) is 35.0 Å². The molecular formula is C12H10F4N2S. The van der Waals surface area contributed by atoms with E-state index in [1.165, 1.54) is 17.4 Å². The molecule has 2 nitrogen and oxygen atoms in total. The Bertz CT molecular complexity index is 551. The first-order valence-electron chi connectivity index (χ1n) is 5.28. The number of nitrogens with two attached hydrogens (primary N) is 1. The predicted molar refractivity (Wildman–Crippen MR) is 64.9 cm³/mol. The Labute approximate surface area is 110 Å². The van der Waals surface area contributed by atoms with Crippen LogP contribution >= 0.6 is 11.3 Å². The van der Waals surface area contributed by atoms with E-state index in [-0.39, 0.29) is 5.56 Å². The van der Waals surface area contributed by atoms with E-state index in [2.05, 4.69) is 5.43 Å². The van der Waals surface area contributed by atoms with E-state index in [0.717, 1.165) is 17.7 Å². The fourth-order valence-corrected chi connectivity index (χ4v) is 2.45. The summed E-state index contributed by atoms with van der Waals surface area (Å²) in [4.78, 5) is 0. The molecule has 0 amide bonds. The largest absolute Gasteiger partial charge is 0.419 e. The van der Waals surface area contributed by atoms with Gasteiger partial charge >= 0.3 is 6.18 Å². The standard InChI is InChI=1S/C12H10F4N2S/c13-10-2-1-7(5-9(10)12(14,15)16)11(18-17)8-3-4-19-6-8/h1-6,11,18H,17H2. The van der Waals surface area contributed by atoms with Crippen LogP contribution in [0, 0.1) is 5.82 Å². The molecule has 1 aromatic carbocycles. The summed E-state index contributed by atoms with van der Waals surface area (Å²) in [6, 6.07) is 4.00. The molecule has 0 aliphatic rings. The summed E-state index contributed by atoms with van der Waals surface area (Å²) in [5, 5.41) is 3.55. The van der Waals surface area contributed by atoms with Crippen molar-refractivity contribution in [3.05, 3.63) is 57.5 Å². The summed E-state index contributed by atoms with van der Waals surface area (Å²) in [5.41, 5.74) is 2.13. The molecule has 0 fully saturated rings. The zero-order chi connectivity index (χ0) is 14.0. The van der Waals surface area contributed by atoms with Crippen LogP contribution in [0.5, 0.6) is 0 Å². The number of benzene rings is 1. The molecule has 0 saturated heterocycles. The number of hydrazine groups is 1. The molecule has 1 heterocycles. The molecule has 7 heteroatoms. The number of rotatable bonds is 3. The molecule has 1 atom stereocenters. The van der Waals surface area contributed by atoms with Crippen molar-refractivity contribution in [2.45, 2.75) is 12.2 Å². The minimum absolute atomic E-state index is 0.259. The molecule has 0 spiro atoms. The van der Waals surface area contributed by atoms with E-state index >= 15 is 0 Å². The van der Waals surface area contributed by atoms with Crippen LogP contribution in [0.4, 0.5) is 17.6 Å². The second-order valence-electron chi connectivity index (χ2n) is 3.89. The molecule has 3 N–H and O–H groups in total. The highest BCUT2D eigenvalue weighted by Crippen LogP contribution is 2.34. The summed E-state index contributed by atoms with van der Waals surface area (Å²) < 4.78 is 51.2. The Morgan fingerprint density at radius 1 is 1.16 bits per heavy atom. The van der Waals surface area contributed by atoms with Crippen LogP contribution in [0.1, 0.15) is 22.7 Å². The van der Waals surface area contributed by atoms with Crippen molar-refractivity contribution in [2.24, 2.45) is 5.84 Å². The van der Waals surface area contributed by atoms with E-state index < -0.39 is 23.6 Å². The number of hydrogen-bond acceptors (Lipinski definition) is 3. The van der Waals surface area contributed by atoms with Gasteiger partial charge in [0.15, 0.2) is 0 Å². The van der Waals surface area contributed by atoms with Crippen molar-refractivity contribution in [1.29, 1.82) is 0 Å². The summed E-state index contributed by atoms with van der Waals surface area (Å²) in [6.07, 6.45) is -4.73. The van der Waals surface area contributed by atoms with Crippen molar-refractivity contribution in [3.8, 4) is 0 Å². The highest BCUT2D eigenvalue weighted by molar-refractivity contribution is 7.08. The normalized spacial score (nSPS) is 13.5. The fourth-order valence-electron chi connectivity index (χ4n) is 1.76. The van der Waals surface area contributed by atoms with Gasteiger partial charge in [-0.15, -0.1) is 0 Å². The van der Waals surface area contributed by atoms with Crippen molar-refractivity contribution in [1.82, 2.24) is 5.43 Å². The molecule has 0 aliphatic carbocycles. The number of alkyl halides is 3. The van der Waals surface area contributed by atoms with Gasteiger partial charge in [-0.05, 0) is 40.1 Å². The number of thiophene rings is 1. The van der Waals surface area contributed by atoms with Crippen LogP contribution in [0.2, 0.25) is 0 Å². The molecule has 1 aromatic heterocycles.